The van der Waals surface area contributed by atoms with Gasteiger partial charge in [-0.05, 0) is 43.6 Å². The van der Waals surface area contributed by atoms with E-state index >= 15 is 0 Å². The van der Waals surface area contributed by atoms with Gasteiger partial charge in [-0.15, -0.1) is 0 Å². The van der Waals surface area contributed by atoms with Crippen molar-refractivity contribution in [2.45, 2.75) is 25.3 Å². The van der Waals surface area contributed by atoms with Crippen LogP contribution >= 0.6 is 0 Å². The molecule has 116 valence electrons. The molecule has 0 bridgehead atoms. The van der Waals surface area contributed by atoms with E-state index in [2.05, 4.69) is 22.3 Å². The number of hydrogen-bond acceptors (Lipinski definition) is 4. The molecule has 3 N–H and O–H groups in total. The molecule has 2 rings (SSSR count). The highest BCUT2D eigenvalue weighted by Gasteiger charge is 2.23. The maximum absolute atomic E-state index is 10.8. The van der Waals surface area contributed by atoms with Crippen LogP contribution < -0.4 is 15.8 Å². The summed E-state index contributed by atoms with van der Waals surface area (Å²) in [6.45, 7) is 3.73. The minimum atomic E-state index is -0.260. The Morgan fingerprint density at radius 2 is 2.00 bits per heavy atom. The molecular formula is C16H25N3O2. The third-order valence-electron chi connectivity index (χ3n) is 3.97. The molecular weight excluding hydrogens is 266 g/mol. The van der Waals surface area contributed by atoms with E-state index in [9.17, 15) is 4.79 Å². The lowest BCUT2D eigenvalue weighted by atomic mass is 10.1. The average molecular weight is 291 g/mol. The summed E-state index contributed by atoms with van der Waals surface area (Å²) < 4.78 is 5.22. The molecule has 1 amide bonds. The Balaban J connectivity index is 1.98. The lowest BCUT2D eigenvalue weighted by Crippen LogP contribution is -2.35. The number of nitrogens with zero attached hydrogens (tertiary/aromatic N) is 1. The minimum absolute atomic E-state index is 0.260. The number of carbonyl (C=O) groups excluding carboxylic acids is 1. The zero-order chi connectivity index (χ0) is 15.1. The molecule has 0 saturated carbocycles. The number of nitrogens with one attached hydrogen (secondary N) is 1. The van der Waals surface area contributed by atoms with Crippen molar-refractivity contribution in [3.05, 3.63) is 29.8 Å². The number of methoxy groups -OCH3 is 1. The van der Waals surface area contributed by atoms with Gasteiger partial charge in [-0.2, -0.15) is 0 Å². The topological polar surface area (TPSA) is 67.6 Å². The van der Waals surface area contributed by atoms with E-state index in [1.165, 1.54) is 18.4 Å². The first-order chi connectivity index (χ1) is 10.2. The Hall–Kier alpha value is -1.59. The molecule has 5 nitrogen and oxygen atoms in total. The van der Waals surface area contributed by atoms with Gasteiger partial charge in [-0.3, -0.25) is 9.69 Å². The van der Waals surface area contributed by atoms with Crippen LogP contribution in [0.4, 0.5) is 0 Å². The fourth-order valence-corrected chi connectivity index (χ4v) is 2.79. The number of amides is 1. The first kappa shape index (κ1) is 15.8. The van der Waals surface area contributed by atoms with Gasteiger partial charge in [0, 0.05) is 25.6 Å². The number of nitrogens with two attached hydrogens (primary N) is 1. The van der Waals surface area contributed by atoms with Gasteiger partial charge in [0.2, 0.25) is 5.91 Å². The molecule has 1 heterocycles. The summed E-state index contributed by atoms with van der Waals surface area (Å²) in [5, 5.41) is 3.35. The molecule has 0 aromatic heterocycles. The highest BCUT2D eigenvalue weighted by Crippen LogP contribution is 2.26. The smallest absolute Gasteiger partial charge is 0.218 e. The van der Waals surface area contributed by atoms with Crippen molar-refractivity contribution >= 4 is 5.91 Å². The Labute approximate surface area is 126 Å². The summed E-state index contributed by atoms with van der Waals surface area (Å²) in [5.41, 5.74) is 6.45. The number of ether oxygens (including phenoxy) is 1. The molecule has 0 aliphatic carbocycles. The van der Waals surface area contributed by atoms with Gasteiger partial charge in [-0.1, -0.05) is 12.1 Å². The summed E-state index contributed by atoms with van der Waals surface area (Å²) in [5.74, 6) is 0.616. The first-order valence-corrected chi connectivity index (χ1v) is 7.57. The molecule has 1 fully saturated rings. The molecule has 1 saturated heterocycles. The highest BCUT2D eigenvalue weighted by molar-refractivity contribution is 5.73. The van der Waals surface area contributed by atoms with Crippen LogP contribution in [0.15, 0.2) is 24.3 Å². The molecule has 21 heavy (non-hydrogen) atoms. The maximum Gasteiger partial charge on any atom is 0.218 e. The normalized spacial score (nSPS) is 16.8. The fraction of sp³-hybridized carbons (Fsp3) is 0.562. The van der Waals surface area contributed by atoms with Gasteiger partial charge in [0.1, 0.15) is 5.75 Å². The van der Waals surface area contributed by atoms with E-state index in [0.717, 1.165) is 25.4 Å². The van der Waals surface area contributed by atoms with Crippen molar-refractivity contribution < 1.29 is 9.53 Å². The van der Waals surface area contributed by atoms with Crippen LogP contribution in [0, 0.1) is 0 Å². The number of benzene rings is 1. The second-order valence-corrected chi connectivity index (χ2v) is 5.45. The number of primary amides is 1. The summed E-state index contributed by atoms with van der Waals surface area (Å²) in [4.78, 5) is 13.3. The molecule has 1 aromatic carbocycles. The predicted molar refractivity (Wildman–Crippen MR) is 83.2 cm³/mol. The van der Waals surface area contributed by atoms with Crippen LogP contribution in [-0.2, 0) is 4.79 Å². The lowest BCUT2D eigenvalue weighted by molar-refractivity contribution is -0.117. The molecule has 0 radical (unpaired) electrons. The van der Waals surface area contributed by atoms with E-state index in [0.29, 0.717) is 19.0 Å². The van der Waals surface area contributed by atoms with E-state index in [1.54, 1.807) is 7.11 Å². The van der Waals surface area contributed by atoms with E-state index < -0.39 is 0 Å². The third-order valence-corrected chi connectivity index (χ3v) is 3.97. The monoisotopic (exact) mass is 291 g/mol. The third kappa shape index (κ3) is 4.72. The van der Waals surface area contributed by atoms with Crippen LogP contribution in [0.2, 0.25) is 0 Å². The molecule has 1 atom stereocenters. The van der Waals surface area contributed by atoms with Crippen LogP contribution in [-0.4, -0.2) is 44.1 Å². The second-order valence-electron chi connectivity index (χ2n) is 5.45. The molecule has 1 aliphatic heterocycles. The highest BCUT2D eigenvalue weighted by atomic mass is 16.5. The second kappa shape index (κ2) is 8.00. The van der Waals surface area contributed by atoms with E-state index in [1.807, 2.05) is 12.1 Å². The molecule has 1 aliphatic rings. The van der Waals surface area contributed by atoms with Gasteiger partial charge in [-0.25, -0.2) is 0 Å². The summed E-state index contributed by atoms with van der Waals surface area (Å²) in [6.07, 6.45) is 2.90. The van der Waals surface area contributed by atoms with Crippen LogP contribution in [0.5, 0.6) is 5.75 Å². The van der Waals surface area contributed by atoms with Crippen LogP contribution in [0.3, 0.4) is 0 Å². The van der Waals surface area contributed by atoms with Crippen molar-refractivity contribution in [2.24, 2.45) is 5.73 Å². The summed E-state index contributed by atoms with van der Waals surface area (Å²) in [7, 11) is 1.68. The van der Waals surface area contributed by atoms with Gasteiger partial charge in [0.15, 0.2) is 0 Å². The summed E-state index contributed by atoms with van der Waals surface area (Å²) in [6, 6.07) is 8.59. The molecule has 5 heteroatoms. The van der Waals surface area contributed by atoms with Crippen LogP contribution in [0.1, 0.15) is 30.9 Å². The molecule has 1 unspecified atom stereocenters. The lowest BCUT2D eigenvalue weighted by Gasteiger charge is -2.28. The Morgan fingerprint density at radius 3 is 2.57 bits per heavy atom. The molecule has 0 spiro atoms. The quantitative estimate of drug-likeness (QED) is 0.708. The molecule has 1 aromatic rings. The average Bonchev–Trinajstić information content (AvgIpc) is 3.01. The zero-order valence-electron chi connectivity index (χ0n) is 12.7. The van der Waals surface area contributed by atoms with Gasteiger partial charge in [0.05, 0.1) is 7.11 Å². The van der Waals surface area contributed by atoms with Crippen molar-refractivity contribution in [1.29, 1.82) is 0 Å². The van der Waals surface area contributed by atoms with Crippen LogP contribution in [0.25, 0.3) is 0 Å². The standard InChI is InChI=1S/C16H25N3O2/c1-21-14-6-4-13(5-7-14)15(19-10-2-3-11-19)12-18-9-8-16(17)20/h4-7,15,18H,2-3,8-12H2,1H3,(H2,17,20). The number of likely N-dealkylation sites (tertiary alicyclic amines) is 1. The fourth-order valence-electron chi connectivity index (χ4n) is 2.79. The Morgan fingerprint density at radius 1 is 1.33 bits per heavy atom. The van der Waals surface area contributed by atoms with Crippen molar-refractivity contribution in [3.8, 4) is 5.75 Å². The van der Waals surface area contributed by atoms with Gasteiger partial charge < -0.3 is 15.8 Å². The SMILES string of the molecule is COc1ccc(C(CNCCC(N)=O)N2CCCC2)cc1. The number of rotatable bonds is 8. The van der Waals surface area contributed by atoms with E-state index in [-0.39, 0.29) is 5.91 Å². The largest absolute Gasteiger partial charge is 0.497 e. The number of hydrogen-bond donors (Lipinski definition) is 2. The van der Waals surface area contributed by atoms with Gasteiger partial charge in [0.25, 0.3) is 0 Å². The van der Waals surface area contributed by atoms with E-state index in [4.69, 9.17) is 10.5 Å². The van der Waals surface area contributed by atoms with Gasteiger partial charge >= 0.3 is 0 Å². The summed E-state index contributed by atoms with van der Waals surface area (Å²) >= 11 is 0. The number of carbonyl (C=O) groups is 1. The first-order valence-electron chi connectivity index (χ1n) is 7.57. The predicted octanol–water partition coefficient (Wildman–Crippen LogP) is 1.30. The Kier molecular flexibility index (Phi) is 6.02. The minimum Gasteiger partial charge on any atom is -0.497 e. The Bertz CT molecular complexity index is 441. The zero-order valence-corrected chi connectivity index (χ0v) is 12.7. The van der Waals surface area contributed by atoms with Crippen molar-refractivity contribution in [1.82, 2.24) is 10.2 Å². The van der Waals surface area contributed by atoms with Crippen molar-refractivity contribution in [3.63, 3.8) is 0 Å². The van der Waals surface area contributed by atoms with Crippen molar-refractivity contribution in [2.75, 3.05) is 33.3 Å². The maximum atomic E-state index is 10.8.